The SMILES string of the molecule is CC/C=C\C/C=C\C/C=C\C/C=C\CCCCCCCCCCC(=O)NC(COP(=O)(O)OCC[N+](C)(C)C)C(O)/C=C/CC/C=C/CCCCCCCCCCCCCCCCCCCCCCC. The maximum Gasteiger partial charge on any atom is 0.472 e. The highest BCUT2D eigenvalue weighted by atomic mass is 31.2. The summed E-state index contributed by atoms with van der Waals surface area (Å²) >= 11 is 0. The van der Waals surface area contributed by atoms with E-state index in [1.807, 2.05) is 27.2 Å². The van der Waals surface area contributed by atoms with E-state index in [1.165, 1.54) is 167 Å². The Labute approximate surface area is 434 Å². The van der Waals surface area contributed by atoms with Gasteiger partial charge in [-0.15, -0.1) is 0 Å². The number of phosphoric ester groups is 1. The second-order valence-corrected chi connectivity index (χ2v) is 22.4. The molecule has 408 valence electrons. The summed E-state index contributed by atoms with van der Waals surface area (Å²) < 4.78 is 23.7. The molecule has 9 heteroatoms. The van der Waals surface area contributed by atoms with Crippen molar-refractivity contribution < 1.29 is 32.9 Å². The van der Waals surface area contributed by atoms with E-state index >= 15 is 0 Å². The van der Waals surface area contributed by atoms with Gasteiger partial charge >= 0.3 is 7.82 Å². The smallest absolute Gasteiger partial charge is 0.387 e. The number of rotatable bonds is 53. The summed E-state index contributed by atoms with van der Waals surface area (Å²) in [6.07, 6.45) is 71.6. The van der Waals surface area contributed by atoms with Gasteiger partial charge in [0.2, 0.25) is 5.91 Å². The number of allylic oxidation sites excluding steroid dienone is 11. The maximum atomic E-state index is 13.0. The minimum absolute atomic E-state index is 0.0515. The van der Waals surface area contributed by atoms with E-state index in [2.05, 4.69) is 79.9 Å². The summed E-state index contributed by atoms with van der Waals surface area (Å²) in [5.41, 5.74) is 0. The third-order valence-corrected chi connectivity index (χ3v) is 13.9. The number of carbonyl (C=O) groups is 1. The van der Waals surface area contributed by atoms with Crippen molar-refractivity contribution in [3.05, 3.63) is 72.9 Å². The first-order valence-electron chi connectivity index (χ1n) is 29.3. The predicted molar refractivity (Wildman–Crippen MR) is 304 cm³/mol. The van der Waals surface area contributed by atoms with Crippen molar-refractivity contribution in [2.24, 2.45) is 0 Å². The number of aliphatic hydroxyl groups excluding tert-OH is 1. The van der Waals surface area contributed by atoms with Crippen LogP contribution in [0.4, 0.5) is 0 Å². The lowest BCUT2D eigenvalue weighted by Crippen LogP contribution is -2.45. The summed E-state index contributed by atoms with van der Waals surface area (Å²) in [4.78, 5) is 23.3. The van der Waals surface area contributed by atoms with Crippen LogP contribution >= 0.6 is 7.82 Å². The van der Waals surface area contributed by atoms with Gasteiger partial charge in [0.1, 0.15) is 13.2 Å². The van der Waals surface area contributed by atoms with Crippen LogP contribution in [0.3, 0.4) is 0 Å². The van der Waals surface area contributed by atoms with Crippen LogP contribution in [0.2, 0.25) is 0 Å². The van der Waals surface area contributed by atoms with Crippen molar-refractivity contribution >= 4 is 13.7 Å². The first kappa shape index (κ1) is 67.9. The van der Waals surface area contributed by atoms with Crippen LogP contribution in [0.1, 0.15) is 258 Å². The topological polar surface area (TPSA) is 105 Å². The van der Waals surface area contributed by atoms with Crippen molar-refractivity contribution in [1.82, 2.24) is 5.32 Å². The van der Waals surface area contributed by atoms with E-state index in [1.54, 1.807) is 6.08 Å². The van der Waals surface area contributed by atoms with Gasteiger partial charge in [0.15, 0.2) is 0 Å². The molecule has 0 aromatic rings. The normalized spacial score (nSPS) is 14.4. The highest BCUT2D eigenvalue weighted by molar-refractivity contribution is 7.47. The molecule has 0 aromatic carbocycles. The molecule has 0 saturated heterocycles. The van der Waals surface area contributed by atoms with E-state index in [-0.39, 0.29) is 19.1 Å². The zero-order valence-corrected chi connectivity index (χ0v) is 47.4. The van der Waals surface area contributed by atoms with Gasteiger partial charge in [-0.05, 0) is 70.6 Å². The summed E-state index contributed by atoms with van der Waals surface area (Å²) in [5.74, 6) is -0.196. The number of nitrogens with zero attached hydrogens (tertiary/aromatic N) is 1. The van der Waals surface area contributed by atoms with E-state index in [0.717, 1.165) is 70.6 Å². The number of carbonyl (C=O) groups excluding carboxylic acids is 1. The average molecular weight is 1000 g/mol. The van der Waals surface area contributed by atoms with Crippen LogP contribution in [0, 0.1) is 0 Å². The molecule has 0 saturated carbocycles. The number of quaternary nitrogens is 1. The van der Waals surface area contributed by atoms with E-state index < -0.39 is 20.0 Å². The lowest BCUT2D eigenvalue weighted by molar-refractivity contribution is -0.870. The van der Waals surface area contributed by atoms with Gasteiger partial charge in [-0.2, -0.15) is 0 Å². The molecule has 3 atom stereocenters. The molecular weight excluding hydrogens is 888 g/mol. The molecule has 0 heterocycles. The number of nitrogens with one attached hydrogen (secondary N) is 1. The number of aliphatic hydroxyl groups is 1. The van der Waals surface area contributed by atoms with E-state index in [4.69, 9.17) is 9.05 Å². The Morgan fingerprint density at radius 3 is 1.31 bits per heavy atom. The number of unbranched alkanes of at least 4 members (excludes halogenated alkanes) is 30. The first-order chi connectivity index (χ1) is 34.0. The summed E-state index contributed by atoms with van der Waals surface area (Å²) in [6, 6.07) is -0.873. The molecule has 8 nitrogen and oxygen atoms in total. The molecule has 3 N–H and O–H groups in total. The molecule has 3 unspecified atom stereocenters. The Hall–Kier alpha value is -2.06. The van der Waals surface area contributed by atoms with Gasteiger partial charge in [0, 0.05) is 6.42 Å². The van der Waals surface area contributed by atoms with Crippen LogP contribution in [0.15, 0.2) is 72.9 Å². The van der Waals surface area contributed by atoms with Crippen LogP contribution in [0.25, 0.3) is 0 Å². The molecule has 0 aliphatic heterocycles. The van der Waals surface area contributed by atoms with E-state index in [0.29, 0.717) is 17.4 Å². The Morgan fingerprint density at radius 1 is 0.500 bits per heavy atom. The molecule has 0 aliphatic rings. The van der Waals surface area contributed by atoms with Crippen LogP contribution in [-0.4, -0.2) is 73.4 Å². The number of phosphoric acid groups is 1. The number of amides is 1. The van der Waals surface area contributed by atoms with Crippen molar-refractivity contribution in [1.29, 1.82) is 0 Å². The van der Waals surface area contributed by atoms with Crippen molar-refractivity contribution in [2.75, 3.05) is 40.9 Å². The van der Waals surface area contributed by atoms with Crippen LogP contribution in [-0.2, 0) is 18.4 Å². The Bertz CT molecular complexity index is 1370. The molecule has 0 radical (unpaired) electrons. The molecule has 0 spiro atoms. The van der Waals surface area contributed by atoms with Crippen LogP contribution < -0.4 is 5.32 Å². The third-order valence-electron chi connectivity index (χ3n) is 12.9. The second kappa shape index (κ2) is 51.8. The molecule has 0 rings (SSSR count). The highest BCUT2D eigenvalue weighted by Gasteiger charge is 2.27. The standard InChI is InChI=1S/C61H113N2O6P/c1-6-8-10-12-14-16-18-20-22-24-26-28-29-30-31-32-33-35-36-38-40-42-44-46-48-50-52-54-60(64)59(58-69-70(66,67)68-57-56-63(3,4)5)62-61(65)55-53-51-49-47-45-43-41-39-37-34-27-25-23-21-19-17-15-13-11-9-7-2/h9,11,15,17,21,23,27,34,44,46,52,54,59-60,64H,6-8,10,12-14,16,18-20,22,24-26,28-33,35-43,45,47-51,53,55-58H2,1-5H3,(H-,62,65,66,67)/p+1/b11-9-,17-15-,23-21-,34-27-,46-44+,54-52+. The zero-order chi connectivity index (χ0) is 51.3. The van der Waals surface area contributed by atoms with Gasteiger partial charge in [0.25, 0.3) is 0 Å². The lowest BCUT2D eigenvalue weighted by Gasteiger charge is -2.25. The zero-order valence-electron chi connectivity index (χ0n) is 46.5. The molecule has 0 bridgehead atoms. The Morgan fingerprint density at radius 2 is 0.871 bits per heavy atom. The van der Waals surface area contributed by atoms with Crippen molar-refractivity contribution in [3.8, 4) is 0 Å². The number of hydrogen-bond acceptors (Lipinski definition) is 5. The largest absolute Gasteiger partial charge is 0.472 e. The van der Waals surface area contributed by atoms with E-state index in [9.17, 15) is 19.4 Å². The fourth-order valence-corrected chi connectivity index (χ4v) is 9.08. The highest BCUT2D eigenvalue weighted by Crippen LogP contribution is 2.43. The Kier molecular flexibility index (Phi) is 50.3. The van der Waals surface area contributed by atoms with Gasteiger partial charge in [-0.25, -0.2) is 4.57 Å². The molecule has 0 aliphatic carbocycles. The minimum Gasteiger partial charge on any atom is -0.387 e. The average Bonchev–Trinajstić information content (AvgIpc) is 3.32. The van der Waals surface area contributed by atoms with Gasteiger partial charge in [-0.3, -0.25) is 13.8 Å². The first-order valence-corrected chi connectivity index (χ1v) is 30.8. The molecule has 70 heavy (non-hydrogen) atoms. The fourth-order valence-electron chi connectivity index (χ4n) is 8.34. The molecular formula is C61H114N2O6P+. The fraction of sp³-hybridized carbons (Fsp3) is 0.787. The number of hydrogen-bond donors (Lipinski definition) is 3. The maximum absolute atomic E-state index is 13.0. The van der Waals surface area contributed by atoms with Gasteiger partial charge in [-0.1, -0.05) is 254 Å². The summed E-state index contributed by atoms with van der Waals surface area (Å²) in [6.45, 7) is 4.69. The second-order valence-electron chi connectivity index (χ2n) is 21.0. The molecule has 1 amide bonds. The van der Waals surface area contributed by atoms with Crippen molar-refractivity contribution in [3.63, 3.8) is 0 Å². The molecule has 0 fully saturated rings. The molecule has 0 aromatic heterocycles. The van der Waals surface area contributed by atoms with Gasteiger partial charge < -0.3 is 19.8 Å². The predicted octanol–water partition coefficient (Wildman–Crippen LogP) is 17.9. The quantitative estimate of drug-likeness (QED) is 0.0243. The lowest BCUT2D eigenvalue weighted by atomic mass is 10.0. The minimum atomic E-state index is -4.36. The Balaban J connectivity index is 4.26. The summed E-state index contributed by atoms with van der Waals surface area (Å²) in [7, 11) is 1.54. The van der Waals surface area contributed by atoms with Crippen molar-refractivity contribution in [2.45, 2.75) is 270 Å². The monoisotopic (exact) mass is 1000 g/mol. The third kappa shape index (κ3) is 53.7. The van der Waals surface area contributed by atoms with Gasteiger partial charge in [0.05, 0.1) is 39.9 Å². The number of likely N-dealkylation sites (N-methyl/N-ethyl adjacent to an activating group) is 1. The van der Waals surface area contributed by atoms with Crippen LogP contribution in [0.5, 0.6) is 0 Å². The summed E-state index contributed by atoms with van der Waals surface area (Å²) in [5, 5.41) is 13.9.